The van der Waals surface area contributed by atoms with Crippen LogP contribution in [0.5, 0.6) is 17.4 Å². The van der Waals surface area contributed by atoms with Gasteiger partial charge in [0.05, 0.1) is 30.6 Å². The third-order valence-corrected chi connectivity index (χ3v) is 6.33. The van der Waals surface area contributed by atoms with Gasteiger partial charge in [-0.25, -0.2) is 4.68 Å². The number of rotatable bonds is 8. The molecule has 3 aromatic carbocycles. The Balaban J connectivity index is 1.58. The quantitative estimate of drug-likeness (QED) is 0.287. The molecule has 1 heterocycles. The highest BCUT2D eigenvalue weighted by molar-refractivity contribution is 6.30. The van der Waals surface area contributed by atoms with E-state index in [4.69, 9.17) is 26.2 Å². The Bertz CT molecular complexity index is 1330. The van der Waals surface area contributed by atoms with Crippen LogP contribution in [0.3, 0.4) is 0 Å². The van der Waals surface area contributed by atoms with Crippen molar-refractivity contribution < 1.29 is 14.3 Å². The van der Waals surface area contributed by atoms with E-state index in [0.29, 0.717) is 34.5 Å². The van der Waals surface area contributed by atoms with Crippen LogP contribution in [0.4, 0.5) is 0 Å². The number of hydrogen-bond acceptors (Lipinski definition) is 4. The van der Waals surface area contributed by atoms with Crippen molar-refractivity contribution in [1.29, 1.82) is 0 Å². The van der Waals surface area contributed by atoms with Crippen molar-refractivity contribution in [1.82, 2.24) is 14.7 Å². The van der Waals surface area contributed by atoms with Gasteiger partial charge in [-0.2, -0.15) is 5.10 Å². The van der Waals surface area contributed by atoms with Gasteiger partial charge >= 0.3 is 0 Å². The number of carbonyl (C=O) groups excluding carboxylic acids is 1. The molecule has 0 radical (unpaired) electrons. The molecule has 1 amide bonds. The lowest BCUT2D eigenvalue weighted by atomic mass is 10.1. The van der Waals surface area contributed by atoms with Crippen LogP contribution in [0.25, 0.3) is 5.69 Å². The highest BCUT2D eigenvalue weighted by atomic mass is 35.5. The number of methoxy groups -OCH3 is 1. The molecule has 0 N–H and O–H groups in total. The zero-order chi connectivity index (χ0) is 24.4. The fraction of sp³-hybridized carbons (Fsp3) is 0.214. The Morgan fingerprint density at radius 1 is 1.00 bits per heavy atom. The number of nitrogens with zero attached hydrogens (tertiary/aromatic N) is 3. The number of aryl methyl sites for hydroxylation is 1. The minimum Gasteiger partial charge on any atom is -0.493 e. The van der Waals surface area contributed by atoms with E-state index in [1.807, 2.05) is 90.7 Å². The lowest BCUT2D eigenvalue weighted by Crippen LogP contribution is -2.32. The smallest absolute Gasteiger partial charge is 0.254 e. The normalized spacial score (nSPS) is 12.9. The summed E-state index contributed by atoms with van der Waals surface area (Å²) in [5.74, 6) is 1.73. The van der Waals surface area contributed by atoms with Crippen molar-refractivity contribution in [3.05, 3.63) is 101 Å². The molecule has 1 aliphatic carbocycles. The minimum absolute atomic E-state index is 0.00924. The molecule has 35 heavy (non-hydrogen) atoms. The standard InChI is InChI=1S/C28H26ClN3O3/c1-19-24(18-31(22-16-17-22)27(33)20-8-4-3-5-9-20)28(35-26-11-7-6-10-25(26)34-2)32(30-19)23-14-12-21(29)13-15-23/h3-15,22H,16-18H2,1-2H3. The molecule has 1 aromatic heterocycles. The second-order valence-electron chi connectivity index (χ2n) is 8.54. The first-order valence-electron chi connectivity index (χ1n) is 11.6. The van der Waals surface area contributed by atoms with Crippen molar-refractivity contribution >= 4 is 17.5 Å². The SMILES string of the molecule is COc1ccccc1Oc1c(CN(C(=O)c2ccccc2)C2CC2)c(C)nn1-c1ccc(Cl)cc1. The maximum atomic E-state index is 13.4. The van der Waals surface area contributed by atoms with Gasteiger partial charge in [0, 0.05) is 16.6 Å². The second-order valence-corrected chi connectivity index (χ2v) is 8.98. The van der Waals surface area contributed by atoms with E-state index < -0.39 is 0 Å². The van der Waals surface area contributed by atoms with Gasteiger partial charge in [-0.3, -0.25) is 4.79 Å². The summed E-state index contributed by atoms with van der Waals surface area (Å²) < 4.78 is 13.7. The molecule has 1 aliphatic rings. The molecule has 4 aromatic rings. The number of ether oxygens (including phenoxy) is 2. The van der Waals surface area contributed by atoms with Crippen molar-refractivity contribution in [3.8, 4) is 23.1 Å². The van der Waals surface area contributed by atoms with Gasteiger partial charge in [0.25, 0.3) is 5.91 Å². The van der Waals surface area contributed by atoms with Gasteiger partial charge in [0.15, 0.2) is 11.5 Å². The van der Waals surface area contributed by atoms with Gasteiger partial charge in [-0.1, -0.05) is 41.9 Å². The van der Waals surface area contributed by atoms with Crippen LogP contribution >= 0.6 is 11.6 Å². The molecule has 7 heteroatoms. The Morgan fingerprint density at radius 3 is 2.31 bits per heavy atom. The fourth-order valence-corrected chi connectivity index (χ4v) is 4.19. The zero-order valence-electron chi connectivity index (χ0n) is 19.6. The van der Waals surface area contributed by atoms with Gasteiger partial charge in [0.2, 0.25) is 5.88 Å². The minimum atomic E-state index is 0.00924. The lowest BCUT2D eigenvalue weighted by molar-refractivity contribution is 0.0728. The number of halogens is 1. The van der Waals surface area contributed by atoms with E-state index in [-0.39, 0.29) is 11.9 Å². The van der Waals surface area contributed by atoms with E-state index in [1.165, 1.54) is 0 Å². The van der Waals surface area contributed by atoms with Crippen molar-refractivity contribution in [2.24, 2.45) is 0 Å². The van der Waals surface area contributed by atoms with Crippen LogP contribution in [0.1, 0.15) is 34.5 Å². The molecule has 0 bridgehead atoms. The predicted octanol–water partition coefficient (Wildman–Crippen LogP) is 6.44. The number of carbonyl (C=O) groups is 1. The van der Waals surface area contributed by atoms with E-state index in [9.17, 15) is 4.79 Å². The maximum Gasteiger partial charge on any atom is 0.254 e. The molecule has 0 aliphatic heterocycles. The van der Waals surface area contributed by atoms with Gasteiger partial charge in [-0.15, -0.1) is 0 Å². The van der Waals surface area contributed by atoms with Gasteiger partial charge < -0.3 is 14.4 Å². The Morgan fingerprint density at radius 2 is 1.66 bits per heavy atom. The van der Waals surface area contributed by atoms with Crippen LogP contribution in [-0.4, -0.2) is 33.7 Å². The molecule has 0 saturated heterocycles. The highest BCUT2D eigenvalue weighted by Gasteiger charge is 2.35. The first-order chi connectivity index (χ1) is 17.0. The highest BCUT2D eigenvalue weighted by Crippen LogP contribution is 2.38. The Hall–Kier alpha value is -3.77. The molecule has 1 saturated carbocycles. The average Bonchev–Trinajstić information content (AvgIpc) is 3.68. The van der Waals surface area contributed by atoms with Crippen molar-refractivity contribution in [3.63, 3.8) is 0 Å². The summed E-state index contributed by atoms with van der Waals surface area (Å²) in [6.45, 7) is 2.33. The molecule has 0 unspecified atom stereocenters. The van der Waals surface area contributed by atoms with Crippen LogP contribution in [-0.2, 0) is 6.54 Å². The number of hydrogen-bond donors (Lipinski definition) is 0. The fourth-order valence-electron chi connectivity index (χ4n) is 4.06. The average molecular weight is 488 g/mol. The summed E-state index contributed by atoms with van der Waals surface area (Å²) in [5.41, 5.74) is 3.12. The Kier molecular flexibility index (Phi) is 6.47. The lowest BCUT2D eigenvalue weighted by Gasteiger charge is -2.23. The van der Waals surface area contributed by atoms with E-state index in [1.54, 1.807) is 11.8 Å². The largest absolute Gasteiger partial charge is 0.493 e. The van der Waals surface area contributed by atoms with Gasteiger partial charge in [-0.05, 0) is 68.3 Å². The molecule has 0 spiro atoms. The first-order valence-corrected chi connectivity index (χ1v) is 11.9. The Labute approximate surface area is 209 Å². The van der Waals surface area contributed by atoms with Crippen LogP contribution < -0.4 is 9.47 Å². The predicted molar refractivity (Wildman–Crippen MR) is 136 cm³/mol. The summed E-state index contributed by atoms with van der Waals surface area (Å²) >= 11 is 6.13. The van der Waals surface area contributed by atoms with Crippen LogP contribution in [0.2, 0.25) is 5.02 Å². The maximum absolute atomic E-state index is 13.4. The molecular weight excluding hydrogens is 462 g/mol. The van der Waals surface area contributed by atoms with Crippen molar-refractivity contribution in [2.45, 2.75) is 32.4 Å². The third kappa shape index (κ3) is 4.88. The van der Waals surface area contributed by atoms with E-state index >= 15 is 0 Å². The number of amides is 1. The van der Waals surface area contributed by atoms with E-state index in [2.05, 4.69) is 0 Å². The zero-order valence-corrected chi connectivity index (χ0v) is 20.4. The first kappa shape index (κ1) is 23.0. The summed E-state index contributed by atoms with van der Waals surface area (Å²) in [5, 5.41) is 5.43. The second kappa shape index (κ2) is 9.84. The molecule has 6 nitrogen and oxygen atoms in total. The molecule has 178 valence electrons. The van der Waals surface area contributed by atoms with E-state index in [0.717, 1.165) is 29.8 Å². The van der Waals surface area contributed by atoms with Gasteiger partial charge in [0.1, 0.15) is 0 Å². The summed E-state index contributed by atoms with van der Waals surface area (Å²) in [4.78, 5) is 15.4. The number of para-hydroxylation sites is 2. The monoisotopic (exact) mass is 487 g/mol. The van der Waals surface area contributed by atoms with Crippen LogP contribution in [0, 0.1) is 6.92 Å². The summed E-state index contributed by atoms with van der Waals surface area (Å²) in [7, 11) is 1.61. The van der Waals surface area contributed by atoms with Crippen molar-refractivity contribution in [2.75, 3.05) is 7.11 Å². The van der Waals surface area contributed by atoms with Crippen LogP contribution in [0.15, 0.2) is 78.9 Å². The topological polar surface area (TPSA) is 56.6 Å². The summed E-state index contributed by atoms with van der Waals surface area (Å²) in [6.07, 6.45) is 1.98. The molecule has 5 rings (SSSR count). The third-order valence-electron chi connectivity index (χ3n) is 6.08. The molecule has 0 atom stereocenters. The summed E-state index contributed by atoms with van der Waals surface area (Å²) in [6, 6.07) is 24.5. The number of aromatic nitrogens is 2. The molecule has 1 fully saturated rings. The number of benzene rings is 3. The molecular formula is C28H26ClN3O3.